The Hall–Kier alpha value is -2.78. The van der Waals surface area contributed by atoms with Crippen LogP contribution in [0.25, 0.3) is 0 Å². The second-order valence-corrected chi connectivity index (χ2v) is 13.2. The van der Waals surface area contributed by atoms with Crippen LogP contribution in [0.5, 0.6) is 0 Å². The first kappa shape index (κ1) is 32.7. The third-order valence-electron chi connectivity index (χ3n) is 6.73. The fraction of sp³-hybridized carbons (Fsp3) is 0.333. The summed E-state index contributed by atoms with van der Waals surface area (Å²) >= 11 is 18.7. The molecule has 0 aliphatic carbocycles. The maximum absolute atomic E-state index is 14.2. The molecule has 0 heterocycles. The molecule has 2 amide bonds. The Morgan fingerprint density at radius 1 is 0.951 bits per heavy atom. The van der Waals surface area contributed by atoms with Gasteiger partial charge in [-0.05, 0) is 67.3 Å². The van der Waals surface area contributed by atoms with Gasteiger partial charge in [0.2, 0.25) is 21.8 Å². The molecule has 3 rings (SSSR count). The van der Waals surface area contributed by atoms with Gasteiger partial charge >= 0.3 is 0 Å². The predicted molar refractivity (Wildman–Crippen MR) is 167 cm³/mol. The molecule has 0 spiro atoms. The number of aryl methyl sites for hydroxylation is 1. The predicted octanol–water partition coefficient (Wildman–Crippen LogP) is 6.28. The van der Waals surface area contributed by atoms with E-state index in [9.17, 15) is 18.0 Å². The Kier molecular flexibility index (Phi) is 11.5. The summed E-state index contributed by atoms with van der Waals surface area (Å²) in [5, 5.41) is 4.18. The van der Waals surface area contributed by atoms with E-state index in [0.717, 1.165) is 16.1 Å². The van der Waals surface area contributed by atoms with Crippen LogP contribution < -0.4 is 9.62 Å². The quantitative estimate of drug-likeness (QED) is 0.253. The number of nitrogens with zero attached hydrogens (tertiary/aromatic N) is 2. The molecule has 220 valence electrons. The summed E-state index contributed by atoms with van der Waals surface area (Å²) in [6.07, 6.45) is 1.93. The lowest BCUT2D eigenvalue weighted by Gasteiger charge is -2.34. The Morgan fingerprint density at radius 2 is 1.59 bits per heavy atom. The molecule has 0 saturated carbocycles. The SMILES string of the molecule is CC[C@H](C)NC(=O)[C@H](Cc1ccccc1)N(Cc1ccc(Cl)cc1Cl)C(=O)CN(c1ccc(Cl)cc1C)S(C)(=O)=O. The lowest BCUT2D eigenvalue weighted by Crippen LogP contribution is -2.54. The molecule has 0 aliphatic heterocycles. The van der Waals surface area contributed by atoms with Crippen molar-refractivity contribution in [3.63, 3.8) is 0 Å². The number of carbonyl (C=O) groups excluding carboxylic acids is 2. The van der Waals surface area contributed by atoms with Crippen molar-refractivity contribution in [2.75, 3.05) is 17.1 Å². The Bertz CT molecular complexity index is 1490. The van der Waals surface area contributed by atoms with E-state index in [4.69, 9.17) is 34.8 Å². The van der Waals surface area contributed by atoms with Gasteiger partial charge < -0.3 is 10.2 Å². The normalized spacial score (nSPS) is 12.9. The van der Waals surface area contributed by atoms with Crippen LogP contribution in [-0.4, -0.2) is 50.0 Å². The Balaban J connectivity index is 2.11. The molecule has 41 heavy (non-hydrogen) atoms. The van der Waals surface area contributed by atoms with Crippen molar-refractivity contribution in [1.82, 2.24) is 10.2 Å². The molecule has 0 bridgehead atoms. The average molecular weight is 639 g/mol. The zero-order valence-electron chi connectivity index (χ0n) is 23.4. The highest BCUT2D eigenvalue weighted by Gasteiger charge is 2.34. The monoisotopic (exact) mass is 637 g/mol. The van der Waals surface area contributed by atoms with Gasteiger partial charge in [-0.3, -0.25) is 13.9 Å². The summed E-state index contributed by atoms with van der Waals surface area (Å²) in [4.78, 5) is 29.3. The van der Waals surface area contributed by atoms with Crippen LogP contribution in [0.3, 0.4) is 0 Å². The third kappa shape index (κ3) is 9.10. The van der Waals surface area contributed by atoms with E-state index >= 15 is 0 Å². The minimum Gasteiger partial charge on any atom is -0.352 e. The Labute approximate surface area is 257 Å². The van der Waals surface area contributed by atoms with Crippen molar-refractivity contribution in [1.29, 1.82) is 0 Å². The maximum Gasteiger partial charge on any atom is 0.244 e. The number of rotatable bonds is 12. The molecular formula is C30H34Cl3N3O4S. The number of anilines is 1. The number of nitrogens with one attached hydrogen (secondary N) is 1. The number of hydrogen-bond acceptors (Lipinski definition) is 4. The molecule has 0 aromatic heterocycles. The van der Waals surface area contributed by atoms with Crippen LogP contribution in [0, 0.1) is 6.92 Å². The third-order valence-corrected chi connectivity index (χ3v) is 8.68. The molecule has 0 saturated heterocycles. The molecule has 11 heteroatoms. The van der Waals surface area contributed by atoms with Gasteiger partial charge in [-0.1, -0.05) is 78.1 Å². The summed E-state index contributed by atoms with van der Waals surface area (Å²) in [5.41, 5.74) is 2.30. The van der Waals surface area contributed by atoms with Crippen LogP contribution in [0.15, 0.2) is 66.7 Å². The largest absolute Gasteiger partial charge is 0.352 e. The van der Waals surface area contributed by atoms with Crippen molar-refractivity contribution in [3.05, 3.63) is 98.5 Å². The van der Waals surface area contributed by atoms with Gasteiger partial charge in [-0.15, -0.1) is 0 Å². The highest BCUT2D eigenvalue weighted by atomic mass is 35.5. The number of benzene rings is 3. The molecule has 0 fully saturated rings. The van der Waals surface area contributed by atoms with Gasteiger partial charge in [-0.2, -0.15) is 0 Å². The van der Waals surface area contributed by atoms with Crippen molar-refractivity contribution in [2.24, 2.45) is 0 Å². The number of sulfonamides is 1. The number of hydrogen-bond donors (Lipinski definition) is 1. The molecule has 2 atom stereocenters. The molecule has 0 radical (unpaired) electrons. The van der Waals surface area contributed by atoms with Crippen LogP contribution >= 0.6 is 34.8 Å². The number of amides is 2. The minimum atomic E-state index is -3.90. The standard InChI is InChI=1S/C30H34Cl3N3O4S/c1-5-21(3)34-30(38)28(16-22-9-7-6-8-10-22)35(18-23-11-12-25(32)17-26(23)33)29(37)19-36(41(4,39)40)27-14-13-24(31)15-20(27)2/h6-15,17,21,28H,5,16,18-19H2,1-4H3,(H,34,38)/t21-,28-/m0/s1. The Morgan fingerprint density at radius 3 is 2.17 bits per heavy atom. The molecule has 7 nitrogen and oxygen atoms in total. The van der Waals surface area contributed by atoms with Gasteiger partial charge in [0.25, 0.3) is 0 Å². The smallest absolute Gasteiger partial charge is 0.244 e. The summed E-state index contributed by atoms with van der Waals surface area (Å²) in [7, 11) is -3.90. The van der Waals surface area contributed by atoms with E-state index < -0.39 is 28.5 Å². The summed E-state index contributed by atoms with van der Waals surface area (Å²) < 4.78 is 27.0. The second kappa shape index (κ2) is 14.4. The van der Waals surface area contributed by atoms with Crippen molar-refractivity contribution in [3.8, 4) is 0 Å². The van der Waals surface area contributed by atoms with Crippen molar-refractivity contribution >= 4 is 62.3 Å². The first-order chi connectivity index (χ1) is 19.3. The molecule has 1 N–H and O–H groups in total. The van der Waals surface area contributed by atoms with Gasteiger partial charge in [0.15, 0.2) is 0 Å². The number of halogens is 3. The van der Waals surface area contributed by atoms with Gasteiger partial charge in [0, 0.05) is 34.1 Å². The van der Waals surface area contributed by atoms with E-state index in [2.05, 4.69) is 5.32 Å². The lowest BCUT2D eigenvalue weighted by molar-refractivity contribution is -0.140. The molecule has 3 aromatic carbocycles. The van der Waals surface area contributed by atoms with E-state index in [-0.39, 0.29) is 24.9 Å². The first-order valence-electron chi connectivity index (χ1n) is 13.1. The fourth-order valence-electron chi connectivity index (χ4n) is 4.32. The van der Waals surface area contributed by atoms with Crippen LogP contribution in [0.1, 0.15) is 37.0 Å². The minimum absolute atomic E-state index is 0.0442. The summed E-state index contributed by atoms with van der Waals surface area (Å²) in [6, 6.07) is 17.9. The summed E-state index contributed by atoms with van der Waals surface area (Å²) in [5.74, 6) is -0.925. The van der Waals surface area contributed by atoms with Gasteiger partial charge in [-0.25, -0.2) is 8.42 Å². The van der Waals surface area contributed by atoms with E-state index in [1.54, 1.807) is 43.3 Å². The van der Waals surface area contributed by atoms with Gasteiger partial charge in [0.05, 0.1) is 11.9 Å². The van der Waals surface area contributed by atoms with Crippen LogP contribution in [0.4, 0.5) is 5.69 Å². The van der Waals surface area contributed by atoms with E-state index in [0.29, 0.717) is 38.3 Å². The average Bonchev–Trinajstić information content (AvgIpc) is 2.90. The molecule has 0 unspecified atom stereocenters. The van der Waals surface area contributed by atoms with Crippen LogP contribution in [-0.2, 0) is 32.6 Å². The zero-order valence-corrected chi connectivity index (χ0v) is 26.5. The second-order valence-electron chi connectivity index (χ2n) is 9.98. The zero-order chi connectivity index (χ0) is 30.3. The topological polar surface area (TPSA) is 86.8 Å². The molecule has 3 aromatic rings. The van der Waals surface area contributed by atoms with Crippen LogP contribution in [0.2, 0.25) is 15.1 Å². The van der Waals surface area contributed by atoms with E-state index in [1.165, 1.54) is 4.90 Å². The van der Waals surface area contributed by atoms with Gasteiger partial charge in [0.1, 0.15) is 12.6 Å². The number of carbonyl (C=O) groups is 2. The van der Waals surface area contributed by atoms with E-state index in [1.807, 2.05) is 44.2 Å². The molecule has 0 aliphatic rings. The first-order valence-corrected chi connectivity index (χ1v) is 16.1. The highest BCUT2D eigenvalue weighted by Crippen LogP contribution is 2.28. The summed E-state index contributed by atoms with van der Waals surface area (Å²) in [6.45, 7) is 4.97. The fourth-order valence-corrected chi connectivity index (χ4v) is 5.92. The maximum atomic E-state index is 14.2. The van der Waals surface area contributed by atoms with Crippen molar-refractivity contribution in [2.45, 2.75) is 52.2 Å². The highest BCUT2D eigenvalue weighted by molar-refractivity contribution is 7.92. The lowest BCUT2D eigenvalue weighted by atomic mass is 10.0. The van der Waals surface area contributed by atoms with Crippen molar-refractivity contribution < 1.29 is 18.0 Å². The molecular weight excluding hydrogens is 605 g/mol.